The molecule has 0 saturated carbocycles. The number of Topliss-reactive ketones (excluding diaryl/α,β-unsaturated/α-hetero) is 1. The van der Waals surface area contributed by atoms with Gasteiger partial charge in [-0.3, -0.25) is 4.79 Å². The molecule has 3 heteroatoms. The number of carbonyl (C=O) groups excluding carboxylic acids is 1. The summed E-state index contributed by atoms with van der Waals surface area (Å²) in [6.45, 7) is 5.73. The van der Waals surface area contributed by atoms with E-state index in [0.717, 1.165) is 23.8 Å². The zero-order valence-electron chi connectivity index (χ0n) is 11.9. The highest BCUT2D eigenvalue weighted by atomic mass is 16.5. The van der Waals surface area contributed by atoms with E-state index in [1.807, 2.05) is 24.3 Å². The van der Waals surface area contributed by atoms with Crippen molar-refractivity contribution in [1.82, 2.24) is 0 Å². The molecule has 3 nitrogen and oxygen atoms in total. The predicted molar refractivity (Wildman–Crippen MR) is 75.9 cm³/mol. The summed E-state index contributed by atoms with van der Waals surface area (Å²) in [6, 6.07) is 7.41. The summed E-state index contributed by atoms with van der Waals surface area (Å²) in [5.74, 6) is 1.90. The molecule has 1 aliphatic heterocycles. The summed E-state index contributed by atoms with van der Waals surface area (Å²) >= 11 is 0. The van der Waals surface area contributed by atoms with Gasteiger partial charge in [0.1, 0.15) is 5.75 Å². The molecule has 0 aromatic heterocycles. The van der Waals surface area contributed by atoms with Crippen molar-refractivity contribution in [3.63, 3.8) is 0 Å². The predicted octanol–water partition coefficient (Wildman–Crippen LogP) is 1.58. The van der Waals surface area contributed by atoms with Crippen LogP contribution in [0.2, 0.25) is 0 Å². The smallest absolute Gasteiger partial charge is 0.168 e. The lowest BCUT2D eigenvalue weighted by atomic mass is 9.99. The largest absolute Gasteiger partial charge is 0.497 e. The SMILES string of the molecule is COc1ccc(C(=O)CC[NH+]2CCC(C)CC2)cc1. The monoisotopic (exact) mass is 262 g/mol. The van der Waals surface area contributed by atoms with Crippen LogP contribution >= 0.6 is 0 Å². The highest BCUT2D eigenvalue weighted by molar-refractivity contribution is 5.96. The van der Waals surface area contributed by atoms with E-state index in [1.165, 1.54) is 25.9 Å². The van der Waals surface area contributed by atoms with Gasteiger partial charge in [-0.2, -0.15) is 0 Å². The summed E-state index contributed by atoms with van der Waals surface area (Å²) in [6.07, 6.45) is 3.24. The fourth-order valence-electron chi connectivity index (χ4n) is 2.63. The maximum atomic E-state index is 12.1. The van der Waals surface area contributed by atoms with Gasteiger partial charge in [0.25, 0.3) is 0 Å². The minimum atomic E-state index is 0.244. The molecule has 0 unspecified atom stereocenters. The molecule has 0 radical (unpaired) electrons. The highest BCUT2D eigenvalue weighted by Gasteiger charge is 2.19. The average Bonchev–Trinajstić information content (AvgIpc) is 2.46. The normalized spacial score (nSPS) is 23.1. The van der Waals surface area contributed by atoms with Crippen molar-refractivity contribution >= 4 is 5.78 Å². The van der Waals surface area contributed by atoms with Gasteiger partial charge in [0.2, 0.25) is 0 Å². The van der Waals surface area contributed by atoms with E-state index in [2.05, 4.69) is 6.92 Å². The molecule has 0 atom stereocenters. The van der Waals surface area contributed by atoms with Gasteiger partial charge in [0.05, 0.1) is 33.2 Å². The van der Waals surface area contributed by atoms with Gasteiger partial charge in [-0.25, -0.2) is 0 Å². The van der Waals surface area contributed by atoms with Crippen LogP contribution in [0, 0.1) is 5.92 Å². The standard InChI is InChI=1S/C16H23NO2/c1-13-7-10-17(11-8-13)12-9-16(18)14-3-5-15(19-2)6-4-14/h3-6,13H,7-12H2,1-2H3/p+1. The first-order chi connectivity index (χ1) is 9.19. The van der Waals surface area contributed by atoms with Gasteiger partial charge in [-0.05, 0) is 43.0 Å². The van der Waals surface area contributed by atoms with Gasteiger partial charge in [-0.1, -0.05) is 6.92 Å². The van der Waals surface area contributed by atoms with Gasteiger partial charge < -0.3 is 9.64 Å². The molecule has 1 fully saturated rings. The molecule has 0 spiro atoms. The van der Waals surface area contributed by atoms with Crippen LogP contribution in [0.3, 0.4) is 0 Å². The van der Waals surface area contributed by atoms with Crippen LogP contribution in [0.15, 0.2) is 24.3 Å². The summed E-state index contributed by atoms with van der Waals surface area (Å²) in [4.78, 5) is 13.7. The van der Waals surface area contributed by atoms with Crippen molar-refractivity contribution in [2.24, 2.45) is 5.92 Å². The molecular formula is C16H24NO2+. The molecule has 1 heterocycles. The lowest BCUT2D eigenvalue weighted by Gasteiger charge is -2.27. The molecule has 1 aromatic carbocycles. The number of ketones is 1. The van der Waals surface area contributed by atoms with Crippen molar-refractivity contribution < 1.29 is 14.4 Å². The number of carbonyl (C=O) groups is 1. The Kier molecular flexibility index (Phi) is 4.97. The first kappa shape index (κ1) is 14.1. The summed E-state index contributed by atoms with van der Waals surface area (Å²) in [5, 5.41) is 0. The van der Waals surface area contributed by atoms with Crippen LogP contribution in [-0.4, -0.2) is 32.5 Å². The second kappa shape index (κ2) is 6.71. The van der Waals surface area contributed by atoms with E-state index in [1.54, 1.807) is 12.0 Å². The zero-order valence-corrected chi connectivity index (χ0v) is 11.9. The third-order valence-electron chi connectivity index (χ3n) is 4.10. The summed E-state index contributed by atoms with van der Waals surface area (Å²) in [5.41, 5.74) is 0.797. The van der Waals surface area contributed by atoms with Gasteiger partial charge in [-0.15, -0.1) is 0 Å². The van der Waals surface area contributed by atoms with E-state index in [9.17, 15) is 4.79 Å². The number of quaternary nitrogens is 1. The molecule has 1 aliphatic rings. The molecule has 1 N–H and O–H groups in total. The molecule has 19 heavy (non-hydrogen) atoms. The van der Waals surface area contributed by atoms with Crippen molar-refractivity contribution in [2.75, 3.05) is 26.7 Å². The van der Waals surface area contributed by atoms with Crippen LogP contribution in [-0.2, 0) is 0 Å². The van der Waals surface area contributed by atoms with Gasteiger partial charge in [0, 0.05) is 5.56 Å². The Labute approximate surface area is 115 Å². The second-order valence-corrected chi connectivity index (χ2v) is 5.58. The molecule has 1 saturated heterocycles. The molecule has 104 valence electrons. The minimum Gasteiger partial charge on any atom is -0.497 e. The highest BCUT2D eigenvalue weighted by Crippen LogP contribution is 2.12. The Morgan fingerprint density at radius 1 is 1.26 bits per heavy atom. The van der Waals surface area contributed by atoms with Crippen molar-refractivity contribution in [1.29, 1.82) is 0 Å². The first-order valence-electron chi connectivity index (χ1n) is 7.20. The Bertz CT molecular complexity index is 405. The third kappa shape index (κ3) is 4.06. The van der Waals surface area contributed by atoms with Crippen molar-refractivity contribution in [3.8, 4) is 5.75 Å². The van der Waals surface area contributed by atoms with E-state index in [4.69, 9.17) is 4.74 Å². The lowest BCUT2D eigenvalue weighted by molar-refractivity contribution is -0.905. The maximum Gasteiger partial charge on any atom is 0.168 e. The number of nitrogens with one attached hydrogen (secondary N) is 1. The molecular weight excluding hydrogens is 238 g/mol. The molecule has 0 aliphatic carbocycles. The lowest BCUT2D eigenvalue weighted by Crippen LogP contribution is -3.13. The number of rotatable bonds is 5. The van der Waals surface area contributed by atoms with Crippen LogP contribution in [0.25, 0.3) is 0 Å². The molecule has 0 bridgehead atoms. The Hall–Kier alpha value is -1.35. The Morgan fingerprint density at radius 3 is 2.47 bits per heavy atom. The number of ether oxygens (including phenoxy) is 1. The average molecular weight is 262 g/mol. The van der Waals surface area contributed by atoms with Crippen LogP contribution in [0.4, 0.5) is 0 Å². The summed E-state index contributed by atoms with van der Waals surface area (Å²) in [7, 11) is 1.64. The number of hydrogen-bond donors (Lipinski definition) is 1. The Morgan fingerprint density at radius 2 is 1.89 bits per heavy atom. The van der Waals surface area contributed by atoms with E-state index < -0.39 is 0 Å². The fourth-order valence-corrected chi connectivity index (χ4v) is 2.63. The summed E-state index contributed by atoms with van der Waals surface area (Å²) < 4.78 is 5.10. The Balaban J connectivity index is 1.80. The van der Waals surface area contributed by atoms with Crippen LogP contribution in [0.5, 0.6) is 5.75 Å². The third-order valence-corrected chi connectivity index (χ3v) is 4.10. The topological polar surface area (TPSA) is 30.7 Å². The fraction of sp³-hybridized carbons (Fsp3) is 0.562. The number of piperidine rings is 1. The number of benzene rings is 1. The number of methoxy groups -OCH3 is 1. The van der Waals surface area contributed by atoms with Crippen LogP contribution in [0.1, 0.15) is 36.5 Å². The van der Waals surface area contributed by atoms with E-state index in [-0.39, 0.29) is 5.78 Å². The number of likely N-dealkylation sites (tertiary alicyclic amines) is 1. The maximum absolute atomic E-state index is 12.1. The zero-order chi connectivity index (χ0) is 13.7. The molecule has 2 rings (SSSR count). The molecule has 1 aromatic rings. The van der Waals surface area contributed by atoms with Crippen molar-refractivity contribution in [2.45, 2.75) is 26.2 Å². The van der Waals surface area contributed by atoms with Crippen molar-refractivity contribution in [3.05, 3.63) is 29.8 Å². The van der Waals surface area contributed by atoms with E-state index >= 15 is 0 Å². The van der Waals surface area contributed by atoms with Gasteiger partial charge in [0.15, 0.2) is 5.78 Å². The van der Waals surface area contributed by atoms with Gasteiger partial charge >= 0.3 is 0 Å². The number of hydrogen-bond acceptors (Lipinski definition) is 2. The van der Waals surface area contributed by atoms with E-state index in [0.29, 0.717) is 6.42 Å². The molecule has 0 amide bonds. The quantitative estimate of drug-likeness (QED) is 0.817. The first-order valence-corrected chi connectivity index (χ1v) is 7.20. The second-order valence-electron chi connectivity index (χ2n) is 5.58. The minimum absolute atomic E-state index is 0.244. The van der Waals surface area contributed by atoms with Crippen LogP contribution < -0.4 is 9.64 Å².